The van der Waals surface area contributed by atoms with Crippen LogP contribution in [-0.4, -0.2) is 14.8 Å². The Balaban J connectivity index is 1.06. The number of benzene rings is 8. The van der Waals surface area contributed by atoms with Crippen LogP contribution < -0.4 is 0 Å². The van der Waals surface area contributed by atoms with Gasteiger partial charge in [0.05, 0.1) is 27.8 Å². The van der Waals surface area contributed by atoms with Crippen molar-refractivity contribution in [3.05, 3.63) is 217 Å². The summed E-state index contributed by atoms with van der Waals surface area (Å²) in [5.74, 6) is 0.954. The maximum absolute atomic E-state index is 5.60. The van der Waals surface area contributed by atoms with Gasteiger partial charge in [0.2, 0.25) is 0 Å². The Morgan fingerprint density at radius 2 is 0.875 bits per heavy atom. The average molecular weight is 716 g/mol. The summed E-state index contributed by atoms with van der Waals surface area (Å²) in [5, 5.41) is 4.95. The van der Waals surface area contributed by atoms with Gasteiger partial charge in [-0.2, -0.15) is 0 Å². The smallest absolute Gasteiger partial charge is 0.134 e. The van der Waals surface area contributed by atoms with Crippen LogP contribution in [-0.2, 0) is 6.42 Å². The molecule has 0 N–H and O–H groups in total. The minimum absolute atomic E-state index is 0.902. The molecule has 56 heavy (non-hydrogen) atoms. The van der Waals surface area contributed by atoms with E-state index in [1.54, 1.807) is 0 Å². The number of para-hydroxylation sites is 3. The molecule has 0 radical (unpaired) electrons. The van der Waals surface area contributed by atoms with Gasteiger partial charge in [0.25, 0.3) is 0 Å². The van der Waals surface area contributed by atoms with Crippen LogP contribution in [0.15, 0.2) is 205 Å². The van der Waals surface area contributed by atoms with Gasteiger partial charge in [-0.3, -0.25) is 4.57 Å². The lowest BCUT2D eigenvalue weighted by molar-refractivity contribution is 0.978. The molecule has 0 unspecified atom stereocenters. The molecule has 0 bridgehead atoms. The maximum Gasteiger partial charge on any atom is 0.134 e. The first kappa shape index (κ1) is 32.2. The van der Waals surface area contributed by atoms with Gasteiger partial charge >= 0.3 is 0 Å². The van der Waals surface area contributed by atoms with Gasteiger partial charge in [-0.25, -0.2) is 4.99 Å². The highest BCUT2D eigenvalue weighted by molar-refractivity contribution is 6.17. The van der Waals surface area contributed by atoms with E-state index in [2.05, 4.69) is 209 Å². The minimum Gasteiger partial charge on any atom is -0.309 e. The first-order chi connectivity index (χ1) is 27.8. The molecule has 264 valence electrons. The SMILES string of the molecule is C1=C(n2c3ccccc3c3cc(-c4ccc5c(c4)c4ccccc4n5-c4ccccc4)ccc32)/N=C(/c2ccc(-c3ccccc3)cc2)c2ccccc2CC/1. The van der Waals surface area contributed by atoms with E-state index in [1.807, 2.05) is 0 Å². The second-order valence-corrected chi connectivity index (χ2v) is 14.7. The Morgan fingerprint density at radius 1 is 0.375 bits per heavy atom. The molecule has 1 aliphatic rings. The van der Waals surface area contributed by atoms with E-state index in [9.17, 15) is 0 Å². The second-order valence-electron chi connectivity index (χ2n) is 14.7. The summed E-state index contributed by atoms with van der Waals surface area (Å²) in [6.45, 7) is 0. The highest BCUT2D eigenvalue weighted by Crippen LogP contribution is 2.39. The number of nitrogens with zero attached hydrogens (tertiary/aromatic N) is 3. The number of aromatic nitrogens is 2. The quantitative estimate of drug-likeness (QED) is 0.169. The third-order valence-corrected chi connectivity index (χ3v) is 11.4. The van der Waals surface area contributed by atoms with E-state index >= 15 is 0 Å². The number of rotatable bonds is 5. The zero-order chi connectivity index (χ0) is 37.0. The van der Waals surface area contributed by atoms with Crippen molar-refractivity contribution < 1.29 is 0 Å². The van der Waals surface area contributed by atoms with E-state index in [-0.39, 0.29) is 0 Å². The standard InChI is InChI=1S/C53H37N3/c1-3-14-36(15-4-1)37-26-28-39(29-27-37)53-43-20-8-7-16-38(43)17-13-25-52(54-53)56-49-24-12-10-22-45(49)47-35-41(31-33-51(47)56)40-30-32-50-46(34-40)44-21-9-11-23-48(44)55(50)42-18-5-2-6-19-42/h1-12,14-16,18-35H,13,17H2/b52-25-,54-53-. The van der Waals surface area contributed by atoms with Crippen LogP contribution in [0.3, 0.4) is 0 Å². The van der Waals surface area contributed by atoms with Crippen LogP contribution in [0.25, 0.3) is 77.4 Å². The zero-order valence-corrected chi connectivity index (χ0v) is 30.8. The van der Waals surface area contributed by atoms with E-state index in [1.165, 1.54) is 71.6 Å². The number of fused-ring (bicyclic) bond motifs is 7. The molecule has 0 amide bonds. The van der Waals surface area contributed by atoms with Crippen molar-refractivity contribution in [2.24, 2.45) is 4.99 Å². The van der Waals surface area contributed by atoms with Gasteiger partial charge in [-0.1, -0.05) is 146 Å². The monoisotopic (exact) mass is 715 g/mol. The Hall–Kier alpha value is -7.23. The summed E-state index contributed by atoms with van der Waals surface area (Å²) in [6.07, 6.45) is 4.18. The van der Waals surface area contributed by atoms with Crippen molar-refractivity contribution in [2.75, 3.05) is 0 Å². The van der Waals surface area contributed by atoms with Crippen LogP contribution >= 0.6 is 0 Å². The maximum atomic E-state index is 5.60. The molecule has 0 saturated heterocycles. The summed E-state index contributed by atoms with van der Waals surface area (Å²) in [5.41, 5.74) is 15.3. The molecule has 2 aromatic heterocycles. The van der Waals surface area contributed by atoms with E-state index < -0.39 is 0 Å². The van der Waals surface area contributed by atoms with Crippen molar-refractivity contribution in [3.8, 4) is 27.9 Å². The molecule has 10 aromatic rings. The molecule has 0 spiro atoms. The molecule has 8 aromatic carbocycles. The molecule has 0 atom stereocenters. The molecule has 0 fully saturated rings. The number of allylic oxidation sites excluding steroid dienone is 1. The highest BCUT2D eigenvalue weighted by Gasteiger charge is 2.20. The molecular weight excluding hydrogens is 679 g/mol. The number of hydrogen-bond donors (Lipinski definition) is 0. The molecule has 3 heterocycles. The van der Waals surface area contributed by atoms with Gasteiger partial charge in [-0.15, -0.1) is 0 Å². The third-order valence-electron chi connectivity index (χ3n) is 11.4. The Bertz CT molecular complexity index is 3160. The average Bonchev–Trinajstić information content (AvgIpc) is 3.77. The van der Waals surface area contributed by atoms with E-state index in [0.717, 1.165) is 41.0 Å². The van der Waals surface area contributed by atoms with Crippen LogP contribution in [0.5, 0.6) is 0 Å². The lowest BCUT2D eigenvalue weighted by atomic mass is 9.93. The van der Waals surface area contributed by atoms with Crippen molar-refractivity contribution in [1.29, 1.82) is 0 Å². The number of aryl methyl sites for hydroxylation is 1. The summed E-state index contributed by atoms with van der Waals surface area (Å²) in [7, 11) is 0. The fourth-order valence-electron chi connectivity index (χ4n) is 8.77. The summed E-state index contributed by atoms with van der Waals surface area (Å²) < 4.78 is 4.75. The van der Waals surface area contributed by atoms with Crippen LogP contribution in [0.4, 0.5) is 0 Å². The third kappa shape index (κ3) is 5.32. The molecule has 3 heteroatoms. The number of hydrogen-bond acceptors (Lipinski definition) is 1. The van der Waals surface area contributed by atoms with Gasteiger partial charge < -0.3 is 4.57 Å². The second kappa shape index (κ2) is 13.3. The molecule has 3 nitrogen and oxygen atoms in total. The first-order valence-corrected chi connectivity index (χ1v) is 19.4. The molecule has 0 saturated carbocycles. The Morgan fingerprint density at radius 3 is 1.57 bits per heavy atom. The van der Waals surface area contributed by atoms with Gasteiger partial charge in [-0.05, 0) is 95.3 Å². The van der Waals surface area contributed by atoms with Crippen molar-refractivity contribution in [2.45, 2.75) is 12.8 Å². The minimum atomic E-state index is 0.902. The van der Waals surface area contributed by atoms with Crippen LogP contribution in [0, 0.1) is 0 Å². The summed E-state index contributed by atoms with van der Waals surface area (Å²) in [6, 6.07) is 70.2. The van der Waals surface area contributed by atoms with Gasteiger partial charge in [0.15, 0.2) is 0 Å². The predicted molar refractivity (Wildman–Crippen MR) is 236 cm³/mol. The first-order valence-electron chi connectivity index (χ1n) is 19.4. The normalized spacial score (nSPS) is 14.9. The van der Waals surface area contributed by atoms with Crippen molar-refractivity contribution >= 4 is 55.1 Å². The van der Waals surface area contributed by atoms with Crippen LogP contribution in [0.2, 0.25) is 0 Å². The Kier molecular flexibility index (Phi) is 7.63. The fourth-order valence-corrected chi connectivity index (χ4v) is 8.77. The Labute approximate surface area is 325 Å². The van der Waals surface area contributed by atoms with Crippen molar-refractivity contribution in [1.82, 2.24) is 9.13 Å². The van der Waals surface area contributed by atoms with E-state index in [0.29, 0.717) is 0 Å². The zero-order valence-electron chi connectivity index (χ0n) is 30.8. The fraction of sp³-hybridized carbons (Fsp3) is 0.0377. The van der Waals surface area contributed by atoms with Gasteiger partial charge in [0.1, 0.15) is 5.82 Å². The summed E-state index contributed by atoms with van der Waals surface area (Å²) >= 11 is 0. The molecular formula is C53H37N3. The topological polar surface area (TPSA) is 22.2 Å². The van der Waals surface area contributed by atoms with Crippen molar-refractivity contribution in [3.63, 3.8) is 0 Å². The number of aliphatic imine (C=N–C) groups is 1. The lowest BCUT2D eigenvalue weighted by Gasteiger charge is -2.18. The molecule has 0 aliphatic carbocycles. The largest absolute Gasteiger partial charge is 0.309 e. The van der Waals surface area contributed by atoms with Crippen LogP contribution in [0.1, 0.15) is 23.1 Å². The summed E-state index contributed by atoms with van der Waals surface area (Å²) in [4.78, 5) is 5.60. The van der Waals surface area contributed by atoms with E-state index in [4.69, 9.17) is 4.99 Å². The van der Waals surface area contributed by atoms with Gasteiger partial charge in [0, 0.05) is 38.4 Å². The molecule has 1 aliphatic heterocycles. The highest BCUT2D eigenvalue weighted by atomic mass is 15.1. The lowest BCUT2D eigenvalue weighted by Crippen LogP contribution is -2.11. The predicted octanol–water partition coefficient (Wildman–Crippen LogP) is 13.5. The molecule has 11 rings (SSSR count).